The van der Waals surface area contributed by atoms with Gasteiger partial charge in [0.2, 0.25) is 5.92 Å². The monoisotopic (exact) mass is 386 g/mol. The van der Waals surface area contributed by atoms with Gasteiger partial charge in [0.1, 0.15) is 23.6 Å². The van der Waals surface area contributed by atoms with Gasteiger partial charge in [0.25, 0.3) is 0 Å². The number of alkyl halides is 2. The molecule has 1 saturated carbocycles. The van der Waals surface area contributed by atoms with Crippen molar-refractivity contribution in [2.75, 3.05) is 17.7 Å². The molecule has 3 heterocycles. The van der Waals surface area contributed by atoms with Gasteiger partial charge in [-0.15, -0.1) is 0 Å². The van der Waals surface area contributed by atoms with Crippen molar-refractivity contribution in [2.24, 2.45) is 0 Å². The minimum Gasteiger partial charge on any atom is -0.372 e. The fourth-order valence-corrected chi connectivity index (χ4v) is 3.49. The summed E-state index contributed by atoms with van der Waals surface area (Å²) in [5.41, 5.74) is 1.45. The van der Waals surface area contributed by atoms with Crippen LogP contribution in [0.25, 0.3) is 11.0 Å². The van der Waals surface area contributed by atoms with Crippen molar-refractivity contribution in [2.45, 2.75) is 37.6 Å². The Balaban J connectivity index is 1.51. The first-order chi connectivity index (χ1) is 13.5. The van der Waals surface area contributed by atoms with Crippen LogP contribution in [-0.2, 0) is 0 Å². The smallest absolute Gasteiger partial charge is 0.248 e. The molecule has 1 aliphatic rings. The molecule has 1 aliphatic carbocycles. The maximum absolute atomic E-state index is 13.3. The van der Waals surface area contributed by atoms with E-state index in [1.54, 1.807) is 25.4 Å². The second kappa shape index (κ2) is 7.14. The molecule has 3 aromatic heterocycles. The highest BCUT2D eigenvalue weighted by molar-refractivity contribution is 6.17. The lowest BCUT2D eigenvalue weighted by molar-refractivity contribution is -0.0361. The zero-order valence-corrected chi connectivity index (χ0v) is 15.3. The molecule has 3 N–H and O–H groups in total. The zero-order valence-electron chi connectivity index (χ0n) is 15.3. The van der Waals surface area contributed by atoms with Crippen molar-refractivity contribution in [1.29, 1.82) is 0 Å². The highest BCUT2D eigenvalue weighted by Crippen LogP contribution is 2.34. The Labute approximate surface area is 160 Å². The summed E-state index contributed by atoms with van der Waals surface area (Å²) in [5.74, 6) is -1.62. The van der Waals surface area contributed by atoms with Crippen LogP contribution in [0.15, 0.2) is 30.9 Å². The molecular formula is C19H20F2N6O. The minimum absolute atomic E-state index is 0.0300. The standard InChI is InChI=1S/C19H20F2N6O/c1-22-17-15-13(9-24-18(15)26-10-25-17)16(28)11-2-3-14(23-8-11)27-12-4-6-19(20,21)7-5-12/h2-3,8-10,12H,4-7H2,1H3,(H,23,27)(H2,22,24,25,26). The highest BCUT2D eigenvalue weighted by Gasteiger charge is 2.34. The number of rotatable bonds is 5. The topological polar surface area (TPSA) is 95.6 Å². The van der Waals surface area contributed by atoms with E-state index in [0.29, 0.717) is 46.6 Å². The van der Waals surface area contributed by atoms with E-state index in [9.17, 15) is 13.6 Å². The summed E-state index contributed by atoms with van der Waals surface area (Å²) < 4.78 is 26.5. The van der Waals surface area contributed by atoms with E-state index in [1.165, 1.54) is 12.5 Å². The van der Waals surface area contributed by atoms with Crippen molar-refractivity contribution in [3.05, 3.63) is 42.0 Å². The van der Waals surface area contributed by atoms with Crippen molar-refractivity contribution >= 4 is 28.5 Å². The van der Waals surface area contributed by atoms with Gasteiger partial charge < -0.3 is 15.6 Å². The van der Waals surface area contributed by atoms with Crippen molar-refractivity contribution in [1.82, 2.24) is 19.9 Å². The number of nitrogens with one attached hydrogen (secondary N) is 3. The predicted octanol–water partition coefficient (Wildman–Crippen LogP) is 3.62. The van der Waals surface area contributed by atoms with E-state index in [-0.39, 0.29) is 24.7 Å². The van der Waals surface area contributed by atoms with E-state index in [0.717, 1.165) is 0 Å². The van der Waals surface area contributed by atoms with E-state index in [2.05, 4.69) is 30.6 Å². The van der Waals surface area contributed by atoms with Crippen LogP contribution in [0, 0.1) is 0 Å². The Kier molecular flexibility index (Phi) is 4.66. The van der Waals surface area contributed by atoms with Crippen LogP contribution in [-0.4, -0.2) is 44.7 Å². The largest absolute Gasteiger partial charge is 0.372 e. The first-order valence-corrected chi connectivity index (χ1v) is 9.12. The maximum atomic E-state index is 13.3. The van der Waals surface area contributed by atoms with Crippen LogP contribution in [0.2, 0.25) is 0 Å². The van der Waals surface area contributed by atoms with E-state index >= 15 is 0 Å². The molecule has 0 spiro atoms. The fourth-order valence-electron chi connectivity index (χ4n) is 3.49. The minimum atomic E-state index is -2.56. The Morgan fingerprint density at radius 3 is 2.68 bits per heavy atom. The molecule has 0 unspecified atom stereocenters. The SMILES string of the molecule is CNc1ncnc2[nH]cc(C(=O)c3ccc(NC4CCC(F)(F)CC4)nc3)c12. The number of aromatic amines is 1. The van der Waals surface area contributed by atoms with Gasteiger partial charge >= 0.3 is 0 Å². The molecule has 0 saturated heterocycles. The molecule has 28 heavy (non-hydrogen) atoms. The van der Waals surface area contributed by atoms with Gasteiger partial charge in [0.05, 0.1) is 10.9 Å². The van der Waals surface area contributed by atoms with E-state index in [1.807, 2.05) is 0 Å². The molecule has 146 valence electrons. The summed E-state index contributed by atoms with van der Waals surface area (Å²) in [6.07, 6.45) is 5.09. The highest BCUT2D eigenvalue weighted by atomic mass is 19.3. The molecule has 1 fully saturated rings. The summed E-state index contributed by atoms with van der Waals surface area (Å²) in [7, 11) is 1.73. The third-order valence-electron chi connectivity index (χ3n) is 5.05. The second-order valence-corrected chi connectivity index (χ2v) is 6.93. The van der Waals surface area contributed by atoms with Crippen molar-refractivity contribution < 1.29 is 13.6 Å². The summed E-state index contributed by atoms with van der Waals surface area (Å²) >= 11 is 0. The Morgan fingerprint density at radius 1 is 1.21 bits per heavy atom. The number of fused-ring (bicyclic) bond motifs is 1. The molecule has 3 aromatic rings. The number of carbonyl (C=O) groups excluding carboxylic acids is 1. The number of H-pyrrole nitrogens is 1. The lowest BCUT2D eigenvalue weighted by atomic mass is 9.92. The Morgan fingerprint density at radius 2 is 2.00 bits per heavy atom. The van der Waals surface area contributed by atoms with Gasteiger partial charge in [0, 0.05) is 43.9 Å². The number of hydrogen-bond acceptors (Lipinski definition) is 6. The predicted molar refractivity (Wildman–Crippen MR) is 102 cm³/mol. The molecule has 0 aromatic carbocycles. The first-order valence-electron chi connectivity index (χ1n) is 9.12. The van der Waals surface area contributed by atoms with E-state index in [4.69, 9.17) is 0 Å². The van der Waals surface area contributed by atoms with Crippen LogP contribution in [0.3, 0.4) is 0 Å². The summed E-state index contributed by atoms with van der Waals surface area (Å²) in [5, 5.41) is 6.76. The average Bonchev–Trinajstić information content (AvgIpc) is 3.14. The van der Waals surface area contributed by atoms with Gasteiger partial charge in [-0.3, -0.25) is 4.79 Å². The molecule has 4 rings (SSSR count). The van der Waals surface area contributed by atoms with Crippen LogP contribution in [0.4, 0.5) is 20.4 Å². The summed E-state index contributed by atoms with van der Waals surface area (Å²) in [6.45, 7) is 0. The second-order valence-electron chi connectivity index (χ2n) is 6.93. The number of aromatic nitrogens is 4. The third-order valence-corrected chi connectivity index (χ3v) is 5.05. The Hall–Kier alpha value is -3.10. The van der Waals surface area contributed by atoms with Gasteiger partial charge in [-0.25, -0.2) is 23.7 Å². The number of hydrogen-bond donors (Lipinski definition) is 3. The fraction of sp³-hybridized carbons (Fsp3) is 0.368. The van der Waals surface area contributed by atoms with Gasteiger partial charge in [-0.1, -0.05) is 0 Å². The molecule has 0 bridgehead atoms. The molecule has 0 radical (unpaired) electrons. The van der Waals surface area contributed by atoms with Gasteiger partial charge in [-0.05, 0) is 25.0 Å². The number of anilines is 2. The van der Waals surface area contributed by atoms with Gasteiger partial charge in [-0.2, -0.15) is 0 Å². The molecule has 0 atom stereocenters. The average molecular weight is 386 g/mol. The van der Waals surface area contributed by atoms with Crippen molar-refractivity contribution in [3.63, 3.8) is 0 Å². The Bertz CT molecular complexity index is 991. The molecule has 9 heteroatoms. The van der Waals surface area contributed by atoms with E-state index < -0.39 is 5.92 Å². The quantitative estimate of drug-likeness (QED) is 0.580. The number of halogens is 2. The normalized spacial score (nSPS) is 16.8. The molecule has 7 nitrogen and oxygen atoms in total. The first kappa shape index (κ1) is 18.3. The van der Waals surface area contributed by atoms with Crippen LogP contribution in [0.5, 0.6) is 0 Å². The third kappa shape index (κ3) is 3.51. The van der Waals surface area contributed by atoms with Crippen LogP contribution >= 0.6 is 0 Å². The van der Waals surface area contributed by atoms with Crippen LogP contribution < -0.4 is 10.6 Å². The van der Waals surface area contributed by atoms with Crippen LogP contribution in [0.1, 0.15) is 41.6 Å². The summed E-state index contributed by atoms with van der Waals surface area (Å²) in [6, 6.07) is 3.35. The zero-order chi connectivity index (χ0) is 19.7. The summed E-state index contributed by atoms with van der Waals surface area (Å²) in [4.78, 5) is 28.5. The lowest BCUT2D eigenvalue weighted by Crippen LogP contribution is -2.32. The lowest BCUT2D eigenvalue weighted by Gasteiger charge is -2.29. The molecular weight excluding hydrogens is 366 g/mol. The number of nitrogens with zero attached hydrogens (tertiary/aromatic N) is 3. The molecule has 0 amide bonds. The number of pyridine rings is 1. The molecule has 0 aliphatic heterocycles. The number of carbonyl (C=O) groups is 1. The van der Waals surface area contributed by atoms with Crippen molar-refractivity contribution in [3.8, 4) is 0 Å². The number of ketones is 1. The van der Waals surface area contributed by atoms with Gasteiger partial charge in [0.15, 0.2) is 5.78 Å². The maximum Gasteiger partial charge on any atom is 0.248 e.